The van der Waals surface area contributed by atoms with Gasteiger partial charge in [0.1, 0.15) is 17.6 Å². The Morgan fingerprint density at radius 1 is 1.34 bits per heavy atom. The van der Waals surface area contributed by atoms with Crippen molar-refractivity contribution < 1.29 is 18.3 Å². The number of aromatic nitrogens is 3. The van der Waals surface area contributed by atoms with E-state index >= 15 is 0 Å². The zero-order valence-corrected chi connectivity index (χ0v) is 20.0. The van der Waals surface area contributed by atoms with Crippen molar-refractivity contribution in [3.8, 4) is 5.75 Å². The Balaban J connectivity index is 1.43. The normalized spacial score (nSPS) is 14.7. The number of fused-ring (bicyclic) bond motifs is 1. The van der Waals surface area contributed by atoms with E-state index in [1.807, 2.05) is 6.08 Å². The van der Waals surface area contributed by atoms with Crippen LogP contribution in [0.3, 0.4) is 0 Å². The van der Waals surface area contributed by atoms with Crippen molar-refractivity contribution in [1.82, 2.24) is 20.1 Å². The zero-order valence-electron chi connectivity index (χ0n) is 18.5. The van der Waals surface area contributed by atoms with E-state index < -0.39 is 11.9 Å². The fourth-order valence-electron chi connectivity index (χ4n) is 4.14. The van der Waals surface area contributed by atoms with Crippen LogP contribution in [-0.4, -0.2) is 39.1 Å². The number of anilines is 1. The van der Waals surface area contributed by atoms with Crippen LogP contribution in [0, 0.1) is 5.82 Å². The minimum absolute atomic E-state index is 0.108. The lowest BCUT2D eigenvalue weighted by Gasteiger charge is -2.25. The minimum Gasteiger partial charge on any atom is -0.478 e. The molecule has 1 amide bonds. The fraction of sp³-hybridized carbons (Fsp3) is 0.208. The van der Waals surface area contributed by atoms with Crippen LogP contribution in [0.2, 0.25) is 10.0 Å². The van der Waals surface area contributed by atoms with Gasteiger partial charge in [-0.15, -0.1) is 0 Å². The maximum absolute atomic E-state index is 14.0. The molecule has 3 aromatic heterocycles. The molecule has 0 radical (unpaired) electrons. The lowest BCUT2D eigenvalue weighted by Crippen LogP contribution is -2.34. The maximum Gasteiger partial charge on any atom is 0.272 e. The number of hydrogen-bond donors (Lipinski definition) is 2. The molecule has 5 rings (SSSR count). The summed E-state index contributed by atoms with van der Waals surface area (Å²) in [4.78, 5) is 18.6. The molecule has 1 atom stereocenters. The van der Waals surface area contributed by atoms with Crippen molar-refractivity contribution >= 4 is 51.5 Å². The third-order valence-corrected chi connectivity index (χ3v) is 6.67. The SMILES string of the molecule is CC(Oc1c(N)ncc2c(C3=CCN(C(=O)c4ccn[nH]4)CC3)coc12)c1c(Cl)ccc(F)c1Cl. The average molecular weight is 516 g/mol. The number of benzene rings is 1. The van der Waals surface area contributed by atoms with E-state index in [4.69, 9.17) is 38.1 Å². The molecule has 0 aliphatic carbocycles. The number of H-pyrrole nitrogens is 1. The van der Waals surface area contributed by atoms with Crippen LogP contribution in [0.15, 0.2) is 47.3 Å². The van der Waals surface area contributed by atoms with Crippen LogP contribution in [0.4, 0.5) is 10.2 Å². The number of ether oxygens (including phenoxy) is 1. The molecule has 0 bridgehead atoms. The van der Waals surface area contributed by atoms with Gasteiger partial charge in [0.2, 0.25) is 5.75 Å². The number of nitrogens with zero attached hydrogens (tertiary/aromatic N) is 3. The number of carbonyl (C=O) groups excluding carboxylic acids is 1. The largest absolute Gasteiger partial charge is 0.478 e. The standard InChI is InChI=1S/C24H20Cl2FN5O3/c1-12(19-16(25)2-3-17(27)20(19)26)35-22-21-14(10-29-23(22)28)15(11-34-21)13-5-8-32(9-6-13)24(33)18-4-7-30-31-18/h2-5,7,10-12H,6,8-9H2,1H3,(H2,28,29)(H,30,31). The summed E-state index contributed by atoms with van der Waals surface area (Å²) in [5, 5.41) is 7.39. The summed E-state index contributed by atoms with van der Waals surface area (Å²) >= 11 is 12.4. The number of nitrogens with one attached hydrogen (secondary N) is 1. The van der Waals surface area contributed by atoms with Gasteiger partial charge in [0.25, 0.3) is 5.91 Å². The lowest BCUT2D eigenvalue weighted by atomic mass is 9.99. The topological polar surface area (TPSA) is 110 Å². The molecule has 1 aliphatic rings. The molecular formula is C24H20Cl2FN5O3. The summed E-state index contributed by atoms with van der Waals surface area (Å²) in [7, 11) is 0. The van der Waals surface area contributed by atoms with E-state index in [-0.39, 0.29) is 27.5 Å². The predicted molar refractivity (Wildman–Crippen MR) is 131 cm³/mol. The first-order chi connectivity index (χ1) is 16.8. The Morgan fingerprint density at radius 3 is 2.89 bits per heavy atom. The van der Waals surface area contributed by atoms with Crippen molar-refractivity contribution in [3.05, 3.63) is 75.6 Å². The van der Waals surface area contributed by atoms with Crippen molar-refractivity contribution in [3.63, 3.8) is 0 Å². The molecule has 1 unspecified atom stereocenters. The maximum atomic E-state index is 14.0. The number of furan rings is 1. The van der Waals surface area contributed by atoms with Crippen LogP contribution in [0.1, 0.15) is 41.1 Å². The fourth-order valence-corrected chi connectivity index (χ4v) is 4.82. The Hall–Kier alpha value is -3.56. The van der Waals surface area contributed by atoms with Crippen molar-refractivity contribution in [2.45, 2.75) is 19.4 Å². The first-order valence-electron chi connectivity index (χ1n) is 10.8. The summed E-state index contributed by atoms with van der Waals surface area (Å²) < 4.78 is 25.9. The van der Waals surface area contributed by atoms with Gasteiger partial charge in [0.15, 0.2) is 11.4 Å². The second kappa shape index (κ2) is 9.24. The highest BCUT2D eigenvalue weighted by molar-refractivity contribution is 6.36. The van der Waals surface area contributed by atoms with Gasteiger partial charge in [-0.3, -0.25) is 9.89 Å². The smallest absolute Gasteiger partial charge is 0.272 e. The number of pyridine rings is 1. The Kier molecular flexibility index (Phi) is 6.12. The van der Waals surface area contributed by atoms with Gasteiger partial charge < -0.3 is 19.8 Å². The monoisotopic (exact) mass is 515 g/mol. The molecule has 35 heavy (non-hydrogen) atoms. The van der Waals surface area contributed by atoms with E-state index in [1.54, 1.807) is 36.5 Å². The highest BCUT2D eigenvalue weighted by Gasteiger charge is 2.25. The minimum atomic E-state index is -0.732. The molecule has 8 nitrogen and oxygen atoms in total. The average Bonchev–Trinajstić information content (AvgIpc) is 3.54. The van der Waals surface area contributed by atoms with Crippen LogP contribution >= 0.6 is 23.2 Å². The highest BCUT2D eigenvalue weighted by Crippen LogP contribution is 2.41. The van der Waals surface area contributed by atoms with E-state index in [1.165, 1.54) is 12.1 Å². The summed E-state index contributed by atoms with van der Waals surface area (Å²) in [6, 6.07) is 4.26. The summed E-state index contributed by atoms with van der Waals surface area (Å²) in [5.74, 6) is -0.382. The quantitative estimate of drug-likeness (QED) is 0.332. The number of aromatic amines is 1. The van der Waals surface area contributed by atoms with Crippen LogP contribution in [0.25, 0.3) is 16.5 Å². The van der Waals surface area contributed by atoms with Gasteiger partial charge in [-0.05, 0) is 37.1 Å². The number of nitrogen functional groups attached to an aromatic ring is 1. The van der Waals surface area contributed by atoms with Gasteiger partial charge >= 0.3 is 0 Å². The van der Waals surface area contributed by atoms with Gasteiger partial charge in [0, 0.05) is 41.6 Å². The highest BCUT2D eigenvalue weighted by atomic mass is 35.5. The van der Waals surface area contributed by atoms with E-state index in [0.29, 0.717) is 41.7 Å². The van der Waals surface area contributed by atoms with Crippen molar-refractivity contribution in [2.75, 3.05) is 18.8 Å². The van der Waals surface area contributed by atoms with E-state index in [0.717, 1.165) is 11.1 Å². The molecule has 1 aromatic carbocycles. The lowest BCUT2D eigenvalue weighted by molar-refractivity contribution is 0.0767. The molecule has 0 saturated carbocycles. The molecular weight excluding hydrogens is 496 g/mol. The van der Waals surface area contributed by atoms with E-state index in [9.17, 15) is 9.18 Å². The Bertz CT molecular complexity index is 1450. The van der Waals surface area contributed by atoms with E-state index in [2.05, 4.69) is 15.2 Å². The van der Waals surface area contributed by atoms with Crippen molar-refractivity contribution in [1.29, 1.82) is 0 Å². The Morgan fingerprint density at radius 2 is 2.17 bits per heavy atom. The molecule has 4 aromatic rings. The van der Waals surface area contributed by atoms with Crippen LogP contribution in [-0.2, 0) is 0 Å². The number of rotatable bonds is 5. The molecule has 180 valence electrons. The number of hydrogen-bond acceptors (Lipinski definition) is 6. The number of carbonyl (C=O) groups is 1. The second-order valence-corrected chi connectivity index (χ2v) is 8.87. The summed E-state index contributed by atoms with van der Waals surface area (Å²) in [6.07, 6.45) is 6.65. The van der Waals surface area contributed by atoms with Gasteiger partial charge in [-0.25, -0.2) is 9.37 Å². The summed E-state index contributed by atoms with van der Waals surface area (Å²) in [5.41, 5.74) is 9.10. The summed E-state index contributed by atoms with van der Waals surface area (Å²) in [6.45, 7) is 2.67. The molecule has 11 heteroatoms. The molecule has 1 aliphatic heterocycles. The van der Waals surface area contributed by atoms with Gasteiger partial charge in [0.05, 0.1) is 16.7 Å². The third kappa shape index (κ3) is 4.21. The van der Waals surface area contributed by atoms with Crippen LogP contribution in [0.5, 0.6) is 5.75 Å². The van der Waals surface area contributed by atoms with Gasteiger partial charge in [-0.1, -0.05) is 29.3 Å². The molecule has 0 spiro atoms. The van der Waals surface area contributed by atoms with Gasteiger partial charge in [-0.2, -0.15) is 5.10 Å². The molecule has 3 N–H and O–H groups in total. The molecule has 4 heterocycles. The first kappa shape index (κ1) is 23.2. The zero-order chi connectivity index (χ0) is 24.7. The van der Waals surface area contributed by atoms with Crippen LogP contribution < -0.4 is 10.5 Å². The number of nitrogens with two attached hydrogens (primary N) is 1. The molecule has 0 saturated heterocycles. The number of halogens is 3. The van der Waals surface area contributed by atoms with Crippen molar-refractivity contribution in [2.24, 2.45) is 0 Å². The molecule has 0 fully saturated rings. The predicted octanol–water partition coefficient (Wildman–Crippen LogP) is 5.65. The Labute approximate surface area is 209 Å². The first-order valence-corrected chi connectivity index (χ1v) is 11.5. The number of amides is 1. The second-order valence-electron chi connectivity index (χ2n) is 8.08. The third-order valence-electron chi connectivity index (χ3n) is 5.96.